The number of anilines is 1. The molecular weight excluding hydrogens is 354 g/mol. The summed E-state index contributed by atoms with van der Waals surface area (Å²) in [6, 6.07) is 21.2. The number of ether oxygens (including phenoxy) is 1. The molecule has 0 unspecified atom stereocenters. The number of nitrogens with one attached hydrogen (secondary N) is 1. The third-order valence-electron chi connectivity index (χ3n) is 4.41. The van der Waals surface area contributed by atoms with E-state index in [1.807, 2.05) is 31.2 Å². The third-order valence-corrected chi connectivity index (χ3v) is 4.41. The highest BCUT2D eigenvalue weighted by Crippen LogP contribution is 2.19. The number of aryl methyl sites for hydroxylation is 1. The number of para-hydroxylation sites is 1. The van der Waals surface area contributed by atoms with E-state index in [0.717, 1.165) is 17.7 Å². The fourth-order valence-corrected chi connectivity index (χ4v) is 2.86. The number of carbonyl (C=O) groups is 2. The number of carboxylic acid groups (broad SMARTS) is 1. The summed E-state index contributed by atoms with van der Waals surface area (Å²) in [6.07, 6.45) is 0.834. The lowest BCUT2D eigenvalue weighted by Gasteiger charge is -2.11. The molecule has 0 aliphatic heterocycles. The first kappa shape index (κ1) is 19.2. The average Bonchev–Trinajstić information content (AvgIpc) is 2.73. The summed E-state index contributed by atoms with van der Waals surface area (Å²) in [5.41, 5.74) is 3.21. The van der Waals surface area contributed by atoms with Gasteiger partial charge in [0.25, 0.3) is 5.91 Å². The zero-order chi connectivity index (χ0) is 19.9. The Bertz CT molecular complexity index is 980. The molecule has 3 aromatic carbocycles. The van der Waals surface area contributed by atoms with Crippen molar-refractivity contribution < 1.29 is 19.4 Å². The molecule has 5 nitrogen and oxygen atoms in total. The van der Waals surface area contributed by atoms with Gasteiger partial charge in [0.1, 0.15) is 12.4 Å². The molecule has 28 heavy (non-hydrogen) atoms. The van der Waals surface area contributed by atoms with Crippen molar-refractivity contribution in [2.75, 3.05) is 5.32 Å². The van der Waals surface area contributed by atoms with Crippen molar-refractivity contribution in [3.8, 4) is 5.75 Å². The largest absolute Gasteiger partial charge is 0.489 e. The SMILES string of the molecule is CCc1ccccc1NC(=O)c1ccc(OCc2ccccc2C(=O)O)cc1. The Kier molecular flexibility index (Phi) is 6.07. The zero-order valence-corrected chi connectivity index (χ0v) is 15.5. The van der Waals surface area contributed by atoms with E-state index in [2.05, 4.69) is 5.32 Å². The number of aromatic carboxylic acids is 1. The van der Waals surface area contributed by atoms with E-state index in [9.17, 15) is 14.7 Å². The Morgan fingerprint density at radius 1 is 0.893 bits per heavy atom. The lowest BCUT2D eigenvalue weighted by molar-refractivity contribution is 0.0693. The summed E-state index contributed by atoms with van der Waals surface area (Å²) < 4.78 is 5.68. The molecule has 0 aliphatic carbocycles. The highest BCUT2D eigenvalue weighted by Gasteiger charge is 2.11. The van der Waals surface area contributed by atoms with Crippen LogP contribution in [0, 0.1) is 0 Å². The van der Waals surface area contributed by atoms with Crippen LogP contribution in [0.5, 0.6) is 5.75 Å². The van der Waals surface area contributed by atoms with E-state index < -0.39 is 5.97 Å². The maximum Gasteiger partial charge on any atom is 0.336 e. The second kappa shape index (κ2) is 8.86. The monoisotopic (exact) mass is 375 g/mol. The van der Waals surface area contributed by atoms with Crippen molar-refractivity contribution in [2.24, 2.45) is 0 Å². The summed E-state index contributed by atoms with van der Waals surface area (Å²) in [7, 11) is 0. The van der Waals surface area contributed by atoms with Crippen LogP contribution in [0.4, 0.5) is 5.69 Å². The standard InChI is InChI=1S/C23H21NO4/c1-2-16-7-4-6-10-21(16)24-22(25)17-11-13-19(14-12-17)28-15-18-8-3-5-9-20(18)23(26)27/h3-14H,2,15H2,1H3,(H,24,25)(H,26,27). The first-order valence-corrected chi connectivity index (χ1v) is 9.01. The zero-order valence-electron chi connectivity index (χ0n) is 15.5. The van der Waals surface area contributed by atoms with Crippen molar-refractivity contribution in [2.45, 2.75) is 20.0 Å². The maximum absolute atomic E-state index is 12.5. The van der Waals surface area contributed by atoms with E-state index in [4.69, 9.17) is 4.74 Å². The smallest absolute Gasteiger partial charge is 0.336 e. The van der Waals surface area contributed by atoms with Gasteiger partial charge in [0.15, 0.2) is 0 Å². The topological polar surface area (TPSA) is 75.6 Å². The van der Waals surface area contributed by atoms with Gasteiger partial charge in [-0.1, -0.05) is 43.3 Å². The fourth-order valence-electron chi connectivity index (χ4n) is 2.86. The summed E-state index contributed by atoms with van der Waals surface area (Å²) in [5, 5.41) is 12.1. The van der Waals surface area contributed by atoms with Gasteiger partial charge in [-0.25, -0.2) is 4.79 Å². The van der Waals surface area contributed by atoms with Gasteiger partial charge < -0.3 is 15.2 Å². The Hall–Kier alpha value is -3.60. The van der Waals surface area contributed by atoms with E-state index >= 15 is 0 Å². The van der Waals surface area contributed by atoms with Gasteiger partial charge in [-0.15, -0.1) is 0 Å². The van der Waals surface area contributed by atoms with Crippen molar-refractivity contribution in [1.29, 1.82) is 0 Å². The molecule has 0 bridgehead atoms. The van der Waals surface area contributed by atoms with Crippen LogP contribution in [0.2, 0.25) is 0 Å². The molecule has 5 heteroatoms. The quantitative estimate of drug-likeness (QED) is 0.623. The molecule has 0 saturated heterocycles. The molecule has 2 N–H and O–H groups in total. The maximum atomic E-state index is 12.5. The number of carbonyl (C=O) groups excluding carboxylic acids is 1. The lowest BCUT2D eigenvalue weighted by atomic mass is 10.1. The second-order valence-corrected chi connectivity index (χ2v) is 6.24. The van der Waals surface area contributed by atoms with Crippen LogP contribution in [0.3, 0.4) is 0 Å². The molecule has 0 aliphatic rings. The first-order valence-electron chi connectivity index (χ1n) is 9.01. The van der Waals surface area contributed by atoms with Crippen molar-refractivity contribution in [3.05, 3.63) is 95.1 Å². The van der Waals surface area contributed by atoms with Crippen molar-refractivity contribution in [1.82, 2.24) is 0 Å². The summed E-state index contributed by atoms with van der Waals surface area (Å²) in [4.78, 5) is 23.7. The molecule has 0 aromatic heterocycles. The highest BCUT2D eigenvalue weighted by atomic mass is 16.5. The predicted molar refractivity (Wildman–Crippen MR) is 108 cm³/mol. The normalized spacial score (nSPS) is 10.3. The number of carboxylic acids is 1. The Balaban J connectivity index is 1.65. The minimum atomic E-state index is -0.987. The van der Waals surface area contributed by atoms with Crippen LogP contribution in [0.1, 0.15) is 38.8 Å². The number of hydrogen-bond acceptors (Lipinski definition) is 3. The minimum absolute atomic E-state index is 0.137. The van der Waals surface area contributed by atoms with Gasteiger partial charge in [0.2, 0.25) is 0 Å². The molecule has 0 heterocycles. The van der Waals surface area contributed by atoms with Gasteiger partial charge in [0.05, 0.1) is 5.56 Å². The van der Waals surface area contributed by atoms with Gasteiger partial charge in [-0.2, -0.15) is 0 Å². The van der Waals surface area contributed by atoms with E-state index in [1.165, 1.54) is 0 Å². The molecule has 142 valence electrons. The van der Waals surface area contributed by atoms with Gasteiger partial charge in [-0.05, 0) is 48.4 Å². The number of benzene rings is 3. The van der Waals surface area contributed by atoms with Crippen LogP contribution in [-0.4, -0.2) is 17.0 Å². The highest BCUT2D eigenvalue weighted by molar-refractivity contribution is 6.04. The Labute approximate surface area is 163 Å². The molecule has 0 spiro atoms. The predicted octanol–water partition coefficient (Wildman–Crippen LogP) is 4.78. The van der Waals surface area contributed by atoms with Crippen LogP contribution < -0.4 is 10.1 Å². The van der Waals surface area contributed by atoms with Crippen LogP contribution >= 0.6 is 0 Å². The summed E-state index contributed by atoms with van der Waals surface area (Å²) in [5.74, 6) is -0.618. The summed E-state index contributed by atoms with van der Waals surface area (Å²) in [6.45, 7) is 2.18. The minimum Gasteiger partial charge on any atom is -0.489 e. The molecule has 0 saturated carbocycles. The van der Waals surface area contributed by atoms with Crippen LogP contribution in [-0.2, 0) is 13.0 Å². The molecule has 1 amide bonds. The first-order chi connectivity index (χ1) is 13.6. The van der Waals surface area contributed by atoms with E-state index in [1.54, 1.807) is 48.5 Å². The van der Waals surface area contributed by atoms with Gasteiger partial charge in [-0.3, -0.25) is 4.79 Å². The van der Waals surface area contributed by atoms with E-state index in [0.29, 0.717) is 16.9 Å². The molecule has 0 fully saturated rings. The van der Waals surface area contributed by atoms with Crippen LogP contribution in [0.15, 0.2) is 72.8 Å². The Morgan fingerprint density at radius 3 is 2.21 bits per heavy atom. The molecule has 0 radical (unpaired) electrons. The van der Waals surface area contributed by atoms with Crippen molar-refractivity contribution in [3.63, 3.8) is 0 Å². The number of hydrogen-bond donors (Lipinski definition) is 2. The molecule has 0 atom stereocenters. The number of amides is 1. The van der Waals surface area contributed by atoms with E-state index in [-0.39, 0.29) is 18.1 Å². The molecule has 3 aromatic rings. The third kappa shape index (κ3) is 4.57. The Morgan fingerprint density at radius 2 is 1.54 bits per heavy atom. The fraction of sp³-hybridized carbons (Fsp3) is 0.130. The second-order valence-electron chi connectivity index (χ2n) is 6.24. The average molecular weight is 375 g/mol. The van der Waals surface area contributed by atoms with Crippen LogP contribution in [0.25, 0.3) is 0 Å². The summed E-state index contributed by atoms with van der Waals surface area (Å²) >= 11 is 0. The molecule has 3 rings (SSSR count). The lowest BCUT2D eigenvalue weighted by Crippen LogP contribution is -2.13. The van der Waals surface area contributed by atoms with Gasteiger partial charge in [0, 0.05) is 16.8 Å². The molecular formula is C23H21NO4. The van der Waals surface area contributed by atoms with Gasteiger partial charge >= 0.3 is 5.97 Å². The number of rotatable bonds is 7. The van der Waals surface area contributed by atoms with Crippen molar-refractivity contribution >= 4 is 17.6 Å².